The van der Waals surface area contributed by atoms with Crippen LogP contribution in [0.1, 0.15) is 103 Å². The summed E-state index contributed by atoms with van der Waals surface area (Å²) in [6.07, 6.45) is 0. The van der Waals surface area contributed by atoms with Gasteiger partial charge < -0.3 is 9.80 Å². The molecule has 2 aliphatic heterocycles. The van der Waals surface area contributed by atoms with Crippen LogP contribution in [-0.4, -0.2) is 6.71 Å². The lowest BCUT2D eigenvalue weighted by molar-refractivity contribution is 0.590. The van der Waals surface area contributed by atoms with Crippen LogP contribution in [0.3, 0.4) is 0 Å². The van der Waals surface area contributed by atoms with Crippen LogP contribution in [-0.2, 0) is 10.8 Å². The third-order valence-electron chi connectivity index (χ3n) is 15.1. The van der Waals surface area contributed by atoms with Crippen LogP contribution in [0.4, 0.5) is 34.1 Å². The van der Waals surface area contributed by atoms with Crippen molar-refractivity contribution in [2.75, 3.05) is 9.80 Å². The van der Waals surface area contributed by atoms with E-state index in [4.69, 9.17) is 0 Å². The summed E-state index contributed by atoms with van der Waals surface area (Å²) in [7, 11) is 0. The van der Waals surface area contributed by atoms with Gasteiger partial charge in [-0.3, -0.25) is 0 Å². The summed E-state index contributed by atoms with van der Waals surface area (Å²) in [6, 6.07) is 76.0. The molecule has 0 saturated heterocycles. The molecule has 2 aliphatic rings. The molecule has 11 rings (SSSR count). The molecule has 2 nitrogen and oxygen atoms in total. The van der Waals surface area contributed by atoms with Gasteiger partial charge in [-0.15, -0.1) is 0 Å². The SMILES string of the molecule is CC(C)c1ccc(-c2ccc3c(c2)B2c4ccc(C(C)(C)C)cc4N(c4ccc(-c5ccccc5)cc4)c4cc(C(C)(C)C)cc(c42)N3c2c(-c3ccccc3)cccc2-c2ccccc2)c(C(C)C)c1. The molecule has 71 heavy (non-hydrogen) atoms. The lowest BCUT2D eigenvalue weighted by atomic mass is 9.33. The molecular formula is C68H65BN2. The largest absolute Gasteiger partial charge is 0.311 e. The molecular weight excluding hydrogens is 856 g/mol. The Kier molecular flexibility index (Phi) is 11.5. The Morgan fingerprint density at radius 1 is 0.366 bits per heavy atom. The monoisotopic (exact) mass is 921 g/mol. The predicted molar refractivity (Wildman–Crippen MR) is 308 cm³/mol. The summed E-state index contributed by atoms with van der Waals surface area (Å²) in [6.45, 7) is 23.4. The van der Waals surface area contributed by atoms with Crippen molar-refractivity contribution in [3.63, 3.8) is 0 Å². The highest BCUT2D eigenvalue weighted by Gasteiger charge is 2.45. The van der Waals surface area contributed by atoms with Crippen molar-refractivity contribution in [3.8, 4) is 44.5 Å². The van der Waals surface area contributed by atoms with Crippen LogP contribution in [0.15, 0.2) is 200 Å². The van der Waals surface area contributed by atoms with Crippen LogP contribution in [0.5, 0.6) is 0 Å². The number of rotatable bonds is 8. The molecule has 0 aromatic heterocycles. The van der Waals surface area contributed by atoms with E-state index in [1.54, 1.807) is 0 Å². The van der Waals surface area contributed by atoms with Gasteiger partial charge in [0.1, 0.15) is 0 Å². The second-order valence-electron chi connectivity index (χ2n) is 22.6. The molecule has 0 unspecified atom stereocenters. The van der Waals surface area contributed by atoms with E-state index in [0.717, 1.165) is 5.69 Å². The highest BCUT2D eigenvalue weighted by Crippen LogP contribution is 2.51. The van der Waals surface area contributed by atoms with E-state index in [0.29, 0.717) is 11.8 Å². The summed E-state index contributed by atoms with van der Waals surface area (Å²) in [5, 5.41) is 0. The average Bonchev–Trinajstić information content (AvgIpc) is 3.38. The molecule has 0 amide bonds. The molecule has 9 aromatic carbocycles. The lowest BCUT2D eigenvalue weighted by Crippen LogP contribution is -2.61. The summed E-state index contributed by atoms with van der Waals surface area (Å²) < 4.78 is 0. The molecule has 2 heterocycles. The molecule has 0 saturated carbocycles. The Bertz CT molecular complexity index is 3370. The van der Waals surface area contributed by atoms with Gasteiger partial charge in [-0.1, -0.05) is 233 Å². The van der Waals surface area contributed by atoms with Gasteiger partial charge in [-0.25, -0.2) is 0 Å². The van der Waals surface area contributed by atoms with Crippen molar-refractivity contribution in [1.82, 2.24) is 0 Å². The Balaban J connectivity index is 1.28. The quantitative estimate of drug-likeness (QED) is 0.140. The van der Waals surface area contributed by atoms with Crippen molar-refractivity contribution in [3.05, 3.63) is 222 Å². The van der Waals surface area contributed by atoms with Crippen LogP contribution < -0.4 is 26.2 Å². The van der Waals surface area contributed by atoms with Crippen molar-refractivity contribution in [2.45, 2.75) is 91.9 Å². The van der Waals surface area contributed by atoms with Crippen molar-refractivity contribution in [2.24, 2.45) is 0 Å². The van der Waals surface area contributed by atoms with Crippen LogP contribution in [0, 0.1) is 0 Å². The molecule has 0 spiro atoms. The maximum atomic E-state index is 2.66. The number of hydrogen-bond acceptors (Lipinski definition) is 2. The molecule has 0 aliphatic carbocycles. The minimum atomic E-state index is -0.163. The highest BCUT2D eigenvalue weighted by molar-refractivity contribution is 7.00. The Morgan fingerprint density at radius 2 is 0.901 bits per heavy atom. The van der Waals surface area contributed by atoms with Gasteiger partial charge in [0.15, 0.2) is 0 Å². The molecule has 0 N–H and O–H groups in total. The zero-order chi connectivity index (χ0) is 49.3. The minimum absolute atomic E-state index is 0.0504. The topological polar surface area (TPSA) is 6.48 Å². The standard InChI is InChI=1S/C68H65BN2/c1-44(2)50-31-36-55(58(39-50)45(3)4)51-32-38-61-60(40-51)69-59-37-33-52(67(5,6)7)41-62(59)70(54-34-29-47(30-35-54)46-21-14-11-15-22-46)63-42-53(68(8,9)10)43-64(65(63)69)71(61)66-56(48-23-16-12-17-24-48)27-20-28-57(66)49-25-18-13-19-26-49/h11-45H,1-10H3. The number of hydrogen-bond donors (Lipinski definition) is 0. The molecule has 9 aromatic rings. The fourth-order valence-corrected chi connectivity index (χ4v) is 11.2. The highest BCUT2D eigenvalue weighted by atomic mass is 15.2. The Hall–Kier alpha value is -7.36. The third-order valence-corrected chi connectivity index (χ3v) is 15.1. The first-order valence-electron chi connectivity index (χ1n) is 25.8. The van der Waals surface area contributed by atoms with E-state index in [1.807, 2.05) is 0 Å². The first kappa shape index (κ1) is 46.1. The van der Waals surface area contributed by atoms with E-state index >= 15 is 0 Å². The van der Waals surface area contributed by atoms with Gasteiger partial charge in [-0.2, -0.15) is 0 Å². The summed E-state index contributed by atoms with van der Waals surface area (Å²) in [4.78, 5) is 5.25. The summed E-state index contributed by atoms with van der Waals surface area (Å²) >= 11 is 0. The molecule has 0 atom stereocenters. The van der Waals surface area contributed by atoms with Gasteiger partial charge in [0.05, 0.1) is 5.69 Å². The van der Waals surface area contributed by atoms with Gasteiger partial charge >= 0.3 is 0 Å². The normalized spacial score (nSPS) is 13.1. The lowest BCUT2D eigenvalue weighted by Gasteiger charge is -2.46. The molecule has 0 fully saturated rings. The minimum Gasteiger partial charge on any atom is -0.311 e. The number of para-hydroxylation sites is 1. The zero-order valence-electron chi connectivity index (χ0n) is 43.2. The number of anilines is 6. The van der Waals surface area contributed by atoms with Gasteiger partial charge in [0, 0.05) is 39.6 Å². The Morgan fingerprint density at radius 3 is 1.46 bits per heavy atom. The van der Waals surface area contributed by atoms with Gasteiger partial charge in [-0.05, 0) is 131 Å². The van der Waals surface area contributed by atoms with E-state index in [9.17, 15) is 0 Å². The predicted octanol–water partition coefficient (Wildman–Crippen LogP) is 17.3. The summed E-state index contributed by atoms with van der Waals surface area (Å²) in [5.74, 6) is 0.808. The van der Waals surface area contributed by atoms with E-state index < -0.39 is 0 Å². The fraction of sp³-hybridized carbons (Fsp3) is 0.206. The number of nitrogens with zero attached hydrogens (tertiary/aromatic N) is 2. The average molecular weight is 921 g/mol. The third kappa shape index (κ3) is 8.20. The zero-order valence-corrected chi connectivity index (χ0v) is 43.2. The van der Waals surface area contributed by atoms with E-state index in [1.165, 1.54) is 112 Å². The Labute approximate surface area is 423 Å². The fourth-order valence-electron chi connectivity index (χ4n) is 11.2. The maximum Gasteiger partial charge on any atom is 0.252 e. The first-order valence-corrected chi connectivity index (χ1v) is 25.8. The first-order chi connectivity index (χ1) is 34.2. The number of benzene rings is 9. The second kappa shape index (κ2) is 17.8. The molecule has 350 valence electrons. The van der Waals surface area contributed by atoms with Crippen LogP contribution >= 0.6 is 0 Å². The van der Waals surface area contributed by atoms with Crippen molar-refractivity contribution in [1.29, 1.82) is 0 Å². The summed E-state index contributed by atoms with van der Waals surface area (Å²) in [5.41, 5.74) is 26.1. The smallest absolute Gasteiger partial charge is 0.252 e. The van der Waals surface area contributed by atoms with Gasteiger partial charge in [0.25, 0.3) is 6.71 Å². The van der Waals surface area contributed by atoms with E-state index in [-0.39, 0.29) is 17.5 Å². The number of fused-ring (bicyclic) bond motifs is 4. The van der Waals surface area contributed by atoms with Crippen molar-refractivity contribution >= 4 is 57.2 Å². The molecule has 0 bridgehead atoms. The van der Waals surface area contributed by atoms with Crippen molar-refractivity contribution < 1.29 is 0 Å². The van der Waals surface area contributed by atoms with Gasteiger partial charge in [0.2, 0.25) is 0 Å². The molecule has 3 heteroatoms. The second-order valence-corrected chi connectivity index (χ2v) is 22.6. The molecule has 0 radical (unpaired) electrons. The van der Waals surface area contributed by atoms with Crippen LogP contribution in [0.25, 0.3) is 44.5 Å². The van der Waals surface area contributed by atoms with Crippen LogP contribution in [0.2, 0.25) is 0 Å². The maximum absolute atomic E-state index is 2.66. The van der Waals surface area contributed by atoms with E-state index in [2.05, 4.69) is 279 Å².